The predicted octanol–water partition coefficient (Wildman–Crippen LogP) is 5.72. The number of amides is 1. The van der Waals surface area contributed by atoms with E-state index in [1.165, 1.54) is 84.7 Å². The lowest BCUT2D eigenvalue weighted by atomic mass is 9.99. The molecule has 50 heavy (non-hydrogen) atoms. The van der Waals surface area contributed by atoms with Crippen LogP contribution in [0, 0.1) is 0 Å². The molecule has 6 atom stereocenters. The summed E-state index contributed by atoms with van der Waals surface area (Å²) in [7, 11) is 1.20. The van der Waals surface area contributed by atoms with Gasteiger partial charge in [0.1, 0.15) is 24.2 Å². The summed E-state index contributed by atoms with van der Waals surface area (Å²) in [6.45, 7) is 6.48. The average molecular weight is 732 g/mol. The summed E-state index contributed by atoms with van der Waals surface area (Å²) >= 11 is 0.993. The molecule has 1 rings (SSSR count). The molecular formula is C36H61NO12S. The fraction of sp³-hybridized carbons (Fsp3) is 0.833. The van der Waals surface area contributed by atoms with Crippen molar-refractivity contribution in [2.24, 2.45) is 0 Å². The van der Waals surface area contributed by atoms with Crippen molar-refractivity contribution in [1.29, 1.82) is 0 Å². The number of thioether (sulfide) groups is 1. The summed E-state index contributed by atoms with van der Waals surface area (Å²) in [5.41, 5.74) is -1.09. The number of carbonyl (C=O) groups is 6. The molecule has 0 aliphatic carbocycles. The predicted molar refractivity (Wildman–Crippen MR) is 188 cm³/mol. The summed E-state index contributed by atoms with van der Waals surface area (Å²) in [6, 6.07) is -1.07. The van der Waals surface area contributed by atoms with Crippen LogP contribution in [0.2, 0.25) is 0 Å². The summed E-state index contributed by atoms with van der Waals surface area (Å²) in [5, 5.41) is 2.72. The maximum atomic E-state index is 12.8. The fourth-order valence-corrected chi connectivity index (χ4v) is 6.97. The van der Waals surface area contributed by atoms with Crippen LogP contribution in [0.15, 0.2) is 0 Å². The molecule has 0 bridgehead atoms. The topological polar surface area (TPSA) is 170 Å². The van der Waals surface area contributed by atoms with Crippen LogP contribution in [-0.4, -0.2) is 91.1 Å². The third-order valence-electron chi connectivity index (χ3n) is 8.20. The Morgan fingerprint density at radius 2 is 1.10 bits per heavy atom. The molecule has 0 aromatic carbocycles. The molecule has 1 heterocycles. The van der Waals surface area contributed by atoms with Gasteiger partial charge in [-0.1, -0.05) is 96.8 Å². The Morgan fingerprint density at radius 1 is 0.640 bits per heavy atom. The van der Waals surface area contributed by atoms with Gasteiger partial charge in [-0.25, -0.2) is 4.79 Å². The molecular weight excluding hydrogens is 670 g/mol. The van der Waals surface area contributed by atoms with Crippen LogP contribution in [0.4, 0.5) is 0 Å². The Bertz CT molecular complexity index is 1040. The lowest BCUT2D eigenvalue weighted by Gasteiger charge is -2.44. The second-order valence-electron chi connectivity index (χ2n) is 12.7. The molecule has 0 saturated carbocycles. The van der Waals surface area contributed by atoms with E-state index in [1.807, 2.05) is 0 Å². The number of rotatable bonds is 26. The zero-order valence-corrected chi connectivity index (χ0v) is 31.8. The second kappa shape index (κ2) is 26.9. The summed E-state index contributed by atoms with van der Waals surface area (Å²) in [5.74, 6) is -3.91. The second-order valence-corrected chi connectivity index (χ2v) is 13.9. The highest BCUT2D eigenvalue weighted by molar-refractivity contribution is 7.99. The highest BCUT2D eigenvalue weighted by Crippen LogP contribution is 2.35. The number of ether oxygens (including phenoxy) is 6. The van der Waals surface area contributed by atoms with Crippen molar-refractivity contribution in [3.63, 3.8) is 0 Å². The van der Waals surface area contributed by atoms with E-state index in [1.54, 1.807) is 0 Å². The lowest BCUT2D eigenvalue weighted by Crippen LogP contribution is -2.61. The van der Waals surface area contributed by atoms with Crippen molar-refractivity contribution in [1.82, 2.24) is 5.32 Å². The maximum Gasteiger partial charge on any atom is 0.329 e. The standard InChI is InChI=1S/C36H61NO12S/c1-7-8-9-10-11-12-13-14-15-16-17-18-19-20-21-22-31(42)37-29(35(43)44-6)24-50-36-34(48-28(5)41)33(47-27(4)40)32(46-26(3)39)30(49-36)23-45-25(2)38/h29-30,32-34,36H,7-24H2,1-6H3,(H,37,42)/t29?,30-,32+,33+,34-,36?/m1/s1. The van der Waals surface area contributed by atoms with E-state index < -0.39 is 65.7 Å². The summed E-state index contributed by atoms with van der Waals surface area (Å²) in [4.78, 5) is 73.2. The number of carbonyl (C=O) groups excluding carboxylic acids is 6. The van der Waals surface area contributed by atoms with Crippen LogP contribution >= 0.6 is 11.8 Å². The third-order valence-corrected chi connectivity index (χ3v) is 9.44. The number of hydrogen-bond donors (Lipinski definition) is 1. The van der Waals surface area contributed by atoms with Gasteiger partial charge in [0.05, 0.1) is 7.11 Å². The third kappa shape index (κ3) is 20.1. The van der Waals surface area contributed by atoms with Crippen molar-refractivity contribution in [2.75, 3.05) is 19.5 Å². The molecule has 1 fully saturated rings. The number of hydrogen-bond acceptors (Lipinski definition) is 13. The number of methoxy groups -OCH3 is 1. The lowest BCUT2D eigenvalue weighted by molar-refractivity contribution is -0.237. The first-order valence-corrected chi connectivity index (χ1v) is 19.2. The highest BCUT2D eigenvalue weighted by atomic mass is 32.2. The van der Waals surface area contributed by atoms with Gasteiger partial charge in [-0.05, 0) is 6.42 Å². The van der Waals surface area contributed by atoms with Crippen LogP contribution in [0.1, 0.15) is 137 Å². The van der Waals surface area contributed by atoms with E-state index in [0.717, 1.165) is 51.8 Å². The molecule has 1 N–H and O–H groups in total. The quantitative estimate of drug-likeness (QED) is 0.0652. The first kappa shape index (κ1) is 45.2. The molecule has 1 aliphatic rings. The minimum atomic E-state index is -1.33. The van der Waals surface area contributed by atoms with Gasteiger partial charge in [-0.3, -0.25) is 24.0 Å². The number of nitrogens with one attached hydrogen (secondary N) is 1. The highest BCUT2D eigenvalue weighted by Gasteiger charge is 2.52. The molecule has 1 amide bonds. The molecule has 0 aromatic heterocycles. The first-order valence-electron chi connectivity index (χ1n) is 18.2. The Labute approximate surface area is 302 Å². The van der Waals surface area contributed by atoms with Crippen molar-refractivity contribution in [2.45, 2.75) is 173 Å². The van der Waals surface area contributed by atoms with Gasteiger partial charge in [-0.15, -0.1) is 11.8 Å². The van der Waals surface area contributed by atoms with Gasteiger partial charge in [-0.2, -0.15) is 0 Å². The molecule has 1 saturated heterocycles. The van der Waals surface area contributed by atoms with Crippen molar-refractivity contribution in [3.05, 3.63) is 0 Å². The molecule has 0 aromatic rings. The van der Waals surface area contributed by atoms with Crippen LogP contribution in [-0.2, 0) is 57.2 Å². The zero-order valence-electron chi connectivity index (χ0n) is 31.0. The smallest absolute Gasteiger partial charge is 0.329 e. The minimum Gasteiger partial charge on any atom is -0.467 e. The van der Waals surface area contributed by atoms with Crippen molar-refractivity contribution in [3.8, 4) is 0 Å². The van der Waals surface area contributed by atoms with E-state index in [-0.39, 0.29) is 24.7 Å². The van der Waals surface area contributed by atoms with E-state index >= 15 is 0 Å². The molecule has 1 aliphatic heterocycles. The Hall–Kier alpha value is -2.87. The largest absolute Gasteiger partial charge is 0.467 e. The number of unbranched alkanes of at least 4 members (excludes halogenated alkanes) is 14. The minimum absolute atomic E-state index is 0.0645. The average Bonchev–Trinajstić information content (AvgIpc) is 3.05. The normalized spacial score (nSPS) is 20.6. The van der Waals surface area contributed by atoms with E-state index in [0.29, 0.717) is 6.42 Å². The van der Waals surface area contributed by atoms with Crippen LogP contribution in [0.5, 0.6) is 0 Å². The van der Waals surface area contributed by atoms with E-state index in [2.05, 4.69) is 12.2 Å². The first-order chi connectivity index (χ1) is 23.9. The van der Waals surface area contributed by atoms with E-state index in [9.17, 15) is 28.8 Å². The molecule has 0 spiro atoms. The molecule has 14 heteroatoms. The Kier molecular flexibility index (Phi) is 24.3. The van der Waals surface area contributed by atoms with Gasteiger partial charge in [0.15, 0.2) is 18.3 Å². The molecule has 0 radical (unpaired) electrons. The van der Waals surface area contributed by atoms with Gasteiger partial charge in [0.25, 0.3) is 0 Å². The van der Waals surface area contributed by atoms with Gasteiger partial charge < -0.3 is 33.7 Å². The van der Waals surface area contributed by atoms with Crippen molar-refractivity contribution < 1.29 is 57.2 Å². The van der Waals surface area contributed by atoms with Crippen molar-refractivity contribution >= 4 is 47.5 Å². The summed E-state index contributed by atoms with van der Waals surface area (Å²) < 4.78 is 32.4. The van der Waals surface area contributed by atoms with Crippen LogP contribution < -0.4 is 5.32 Å². The number of esters is 5. The van der Waals surface area contributed by atoms with Gasteiger partial charge in [0.2, 0.25) is 5.91 Å². The molecule has 2 unspecified atom stereocenters. The van der Waals surface area contributed by atoms with E-state index in [4.69, 9.17) is 28.4 Å². The fourth-order valence-electron chi connectivity index (χ4n) is 5.75. The Balaban J connectivity index is 2.69. The van der Waals surface area contributed by atoms with Crippen LogP contribution in [0.25, 0.3) is 0 Å². The molecule has 288 valence electrons. The van der Waals surface area contributed by atoms with Crippen LogP contribution in [0.3, 0.4) is 0 Å². The molecule has 13 nitrogen and oxygen atoms in total. The maximum absolute atomic E-state index is 12.8. The zero-order chi connectivity index (χ0) is 37.3. The SMILES string of the molecule is CCCCCCCCCCCCCCCCCC(=O)NC(CSC1O[C@H](COC(C)=O)[C@H](OC(C)=O)[C@H](OC(C)=O)[C@H]1OC(C)=O)C(=O)OC. The monoisotopic (exact) mass is 731 g/mol. The Morgan fingerprint density at radius 3 is 1.56 bits per heavy atom. The summed E-state index contributed by atoms with van der Waals surface area (Å²) in [6.07, 6.45) is 13.4. The van der Waals surface area contributed by atoms with Gasteiger partial charge in [0, 0.05) is 39.9 Å². The van der Waals surface area contributed by atoms with Gasteiger partial charge >= 0.3 is 29.8 Å².